The molecule has 3 nitrogen and oxygen atoms in total. The molecule has 1 saturated heterocycles. The van der Waals surface area contributed by atoms with E-state index in [9.17, 15) is 5.21 Å². The molecule has 1 aliphatic rings. The Kier molecular flexibility index (Phi) is 1.32. The molecule has 58 valence electrons. The van der Waals surface area contributed by atoms with Crippen molar-refractivity contribution in [1.82, 2.24) is 0 Å². The van der Waals surface area contributed by atoms with Gasteiger partial charge in [-0.15, -0.1) is 0 Å². The lowest BCUT2D eigenvalue weighted by molar-refractivity contribution is -0.605. The third-order valence-electron chi connectivity index (χ3n) is 1.87. The first-order valence-electron chi connectivity index (χ1n) is 3.61. The Labute approximate surface area is 64.8 Å². The van der Waals surface area contributed by atoms with E-state index in [4.69, 9.17) is 4.74 Å². The molecule has 11 heavy (non-hydrogen) atoms. The molecule has 0 saturated carbocycles. The molecule has 2 heterocycles. The summed E-state index contributed by atoms with van der Waals surface area (Å²) >= 11 is 0. The highest BCUT2D eigenvalue weighted by molar-refractivity contribution is 5.16. The number of rotatable bonds is 1. The van der Waals surface area contributed by atoms with E-state index in [1.165, 1.54) is 12.4 Å². The van der Waals surface area contributed by atoms with Crippen molar-refractivity contribution < 1.29 is 9.47 Å². The van der Waals surface area contributed by atoms with Gasteiger partial charge in [0.2, 0.25) is 0 Å². The third kappa shape index (κ3) is 1.19. The van der Waals surface area contributed by atoms with E-state index >= 15 is 0 Å². The zero-order valence-electron chi connectivity index (χ0n) is 6.23. The van der Waals surface area contributed by atoms with Crippen LogP contribution in [0.1, 0.15) is 18.6 Å². The van der Waals surface area contributed by atoms with Crippen molar-refractivity contribution >= 4 is 0 Å². The van der Waals surface area contributed by atoms with E-state index in [0.717, 1.165) is 10.3 Å². The zero-order chi connectivity index (χ0) is 7.84. The van der Waals surface area contributed by atoms with Crippen LogP contribution in [0.4, 0.5) is 0 Å². The predicted octanol–water partition coefficient (Wildman–Crippen LogP) is 0.780. The Morgan fingerprint density at radius 2 is 2.00 bits per heavy atom. The first-order chi connectivity index (χ1) is 5.27. The first kappa shape index (κ1) is 6.61. The quantitative estimate of drug-likeness (QED) is 0.338. The Balaban J connectivity index is 2.21. The number of pyridine rings is 1. The van der Waals surface area contributed by atoms with Gasteiger partial charge in [0.25, 0.3) is 0 Å². The zero-order valence-corrected chi connectivity index (χ0v) is 6.23. The smallest absolute Gasteiger partial charge is 0.180 e. The molecular weight excluding hydrogens is 142 g/mol. The lowest BCUT2D eigenvalue weighted by Crippen LogP contribution is -2.23. The van der Waals surface area contributed by atoms with Gasteiger partial charge in [0.1, 0.15) is 6.10 Å². The van der Waals surface area contributed by atoms with Crippen molar-refractivity contribution in [3.63, 3.8) is 0 Å². The molecule has 0 radical (unpaired) electrons. The minimum Gasteiger partial charge on any atom is -0.619 e. The van der Waals surface area contributed by atoms with Gasteiger partial charge in [-0.05, 0) is 12.5 Å². The summed E-state index contributed by atoms with van der Waals surface area (Å²) in [5, 5.41) is 10.6. The lowest BCUT2D eigenvalue weighted by Gasteiger charge is -1.95. The number of nitrogens with zero attached hydrogens (tertiary/aromatic N) is 1. The molecule has 3 heteroatoms. The second kappa shape index (κ2) is 2.20. The van der Waals surface area contributed by atoms with E-state index in [2.05, 4.69) is 0 Å². The van der Waals surface area contributed by atoms with Crippen LogP contribution in [0, 0.1) is 5.21 Å². The van der Waals surface area contributed by atoms with Gasteiger partial charge < -0.3 is 9.94 Å². The maximum atomic E-state index is 10.6. The molecule has 0 unspecified atom stereocenters. The summed E-state index contributed by atoms with van der Waals surface area (Å²) in [5.74, 6) is 0. The van der Waals surface area contributed by atoms with Gasteiger partial charge in [0.15, 0.2) is 12.4 Å². The van der Waals surface area contributed by atoms with E-state index in [0.29, 0.717) is 6.10 Å². The molecule has 1 aliphatic heterocycles. The fourth-order valence-electron chi connectivity index (χ4n) is 1.15. The van der Waals surface area contributed by atoms with E-state index < -0.39 is 0 Å². The van der Waals surface area contributed by atoms with Gasteiger partial charge in [0.05, 0.1) is 6.10 Å². The van der Waals surface area contributed by atoms with Crippen LogP contribution in [-0.4, -0.2) is 6.10 Å². The van der Waals surface area contributed by atoms with E-state index in [1.54, 1.807) is 12.1 Å². The summed E-state index contributed by atoms with van der Waals surface area (Å²) in [4.78, 5) is 0. The number of epoxide rings is 1. The summed E-state index contributed by atoms with van der Waals surface area (Å²) in [5.41, 5.74) is 1.09. The van der Waals surface area contributed by atoms with E-state index in [1.807, 2.05) is 6.92 Å². The minimum atomic E-state index is 0.219. The number of hydrogen-bond acceptors (Lipinski definition) is 2. The summed E-state index contributed by atoms with van der Waals surface area (Å²) in [6, 6.07) is 3.59. The maximum Gasteiger partial charge on any atom is 0.180 e. The van der Waals surface area contributed by atoms with Gasteiger partial charge in [0, 0.05) is 12.1 Å². The van der Waals surface area contributed by atoms with Crippen molar-refractivity contribution in [2.24, 2.45) is 0 Å². The molecule has 0 amide bonds. The van der Waals surface area contributed by atoms with Gasteiger partial charge >= 0.3 is 0 Å². The molecule has 1 aromatic rings. The number of hydrogen-bond donors (Lipinski definition) is 0. The van der Waals surface area contributed by atoms with Crippen molar-refractivity contribution in [3.05, 3.63) is 35.3 Å². The molecule has 0 aliphatic carbocycles. The number of ether oxygens (including phenoxy) is 1. The Morgan fingerprint density at radius 1 is 1.45 bits per heavy atom. The standard InChI is InChI=1S/C8H9NO2/c1-6-8(11-6)7-2-4-9(10)5-3-7/h2-6,8H,1H3/t6-,8-/m1/s1. The SMILES string of the molecule is C[C@H]1O[C@H]1c1cc[n+]([O-])cc1. The number of aromatic nitrogens is 1. The Bertz CT molecular complexity index is 257. The van der Waals surface area contributed by atoms with Crippen molar-refractivity contribution in [3.8, 4) is 0 Å². The largest absolute Gasteiger partial charge is 0.619 e. The van der Waals surface area contributed by atoms with E-state index in [-0.39, 0.29) is 6.10 Å². The third-order valence-corrected chi connectivity index (χ3v) is 1.87. The average molecular weight is 151 g/mol. The maximum absolute atomic E-state index is 10.6. The molecule has 2 atom stereocenters. The summed E-state index contributed by atoms with van der Waals surface area (Å²) in [6.07, 6.45) is 3.52. The van der Waals surface area contributed by atoms with Crippen LogP contribution in [0.5, 0.6) is 0 Å². The highest BCUT2D eigenvalue weighted by Gasteiger charge is 2.35. The van der Waals surface area contributed by atoms with Crippen LogP contribution >= 0.6 is 0 Å². The molecule has 1 aromatic heterocycles. The second-order valence-corrected chi connectivity index (χ2v) is 2.75. The summed E-state index contributed by atoms with van der Waals surface area (Å²) < 4.78 is 6.01. The summed E-state index contributed by atoms with van der Waals surface area (Å²) in [6.45, 7) is 2.02. The summed E-state index contributed by atoms with van der Waals surface area (Å²) in [7, 11) is 0. The average Bonchev–Trinajstić information content (AvgIpc) is 2.69. The van der Waals surface area contributed by atoms with Crippen LogP contribution in [0.15, 0.2) is 24.5 Å². The van der Waals surface area contributed by atoms with Crippen molar-refractivity contribution in [1.29, 1.82) is 0 Å². The monoisotopic (exact) mass is 151 g/mol. The molecule has 0 bridgehead atoms. The van der Waals surface area contributed by atoms with Crippen LogP contribution in [0.25, 0.3) is 0 Å². The van der Waals surface area contributed by atoms with Gasteiger partial charge in [-0.3, -0.25) is 0 Å². The molecule has 1 fully saturated rings. The molecule has 0 N–H and O–H groups in total. The van der Waals surface area contributed by atoms with Gasteiger partial charge in [-0.25, -0.2) is 0 Å². The normalized spacial score (nSPS) is 28.5. The van der Waals surface area contributed by atoms with Gasteiger partial charge in [-0.2, -0.15) is 4.73 Å². The van der Waals surface area contributed by atoms with Gasteiger partial charge in [-0.1, -0.05) is 0 Å². The molecule has 0 aromatic carbocycles. The topological polar surface area (TPSA) is 39.5 Å². The highest BCUT2D eigenvalue weighted by Crippen LogP contribution is 2.37. The van der Waals surface area contributed by atoms with Crippen LogP contribution in [0.2, 0.25) is 0 Å². The minimum absolute atomic E-state index is 0.219. The fourth-order valence-corrected chi connectivity index (χ4v) is 1.15. The van der Waals surface area contributed by atoms with Crippen LogP contribution in [-0.2, 0) is 4.74 Å². The van der Waals surface area contributed by atoms with Crippen molar-refractivity contribution in [2.45, 2.75) is 19.1 Å². The van der Waals surface area contributed by atoms with Crippen molar-refractivity contribution in [2.75, 3.05) is 0 Å². The molecule has 0 spiro atoms. The highest BCUT2D eigenvalue weighted by atomic mass is 16.6. The molecular formula is C8H9NO2. The van der Waals surface area contributed by atoms with Crippen LogP contribution in [0.3, 0.4) is 0 Å². The molecule has 2 rings (SSSR count). The van der Waals surface area contributed by atoms with Crippen LogP contribution < -0.4 is 4.73 Å². The predicted molar refractivity (Wildman–Crippen MR) is 38.7 cm³/mol. The first-order valence-corrected chi connectivity index (χ1v) is 3.61. The lowest BCUT2D eigenvalue weighted by atomic mass is 10.2. The fraction of sp³-hybridized carbons (Fsp3) is 0.375. The Hall–Kier alpha value is -1.09. The second-order valence-electron chi connectivity index (χ2n) is 2.75. The Morgan fingerprint density at radius 3 is 2.45 bits per heavy atom.